The van der Waals surface area contributed by atoms with Crippen molar-refractivity contribution in [2.45, 2.75) is 77.0 Å². The molecule has 0 aliphatic rings. The number of hydrogen-bond donors (Lipinski definition) is 0. The monoisotopic (exact) mass is 340 g/mol. The largest absolute Gasteiger partial charge is 0.165 e. The highest BCUT2D eigenvalue weighted by Gasteiger charge is 1.96. The Morgan fingerprint density at radius 1 is 0.682 bits per heavy atom. The molecule has 0 aliphatic heterocycles. The highest BCUT2D eigenvalue weighted by molar-refractivity contribution is 7.98. The normalized spacial score (nSPS) is 11.0. The van der Waals surface area contributed by atoms with Crippen LogP contribution in [0.1, 0.15) is 76.2 Å². The molecule has 0 spiro atoms. The molecule has 22 heavy (non-hydrogen) atoms. The van der Waals surface area contributed by atoms with Crippen LogP contribution in [-0.2, 0) is 6.42 Å². The maximum Gasteiger partial charge on any atom is 0.0406 e. The van der Waals surface area contributed by atoms with E-state index in [-0.39, 0.29) is 0 Å². The SMILES string of the molecule is CSCCCCCCCCCCCCCc1ccc(Cl)cc1. The Morgan fingerprint density at radius 2 is 1.14 bits per heavy atom. The quantitative estimate of drug-likeness (QED) is 0.315. The lowest BCUT2D eigenvalue weighted by molar-refractivity contribution is 0.550. The molecule has 0 unspecified atom stereocenters. The van der Waals surface area contributed by atoms with Crippen molar-refractivity contribution in [1.29, 1.82) is 0 Å². The van der Waals surface area contributed by atoms with E-state index in [0.717, 1.165) is 5.02 Å². The molecule has 0 atom stereocenters. The van der Waals surface area contributed by atoms with Crippen LogP contribution in [0.25, 0.3) is 0 Å². The molecular formula is C20H33ClS. The maximum absolute atomic E-state index is 5.90. The Kier molecular flexibility index (Phi) is 13.1. The van der Waals surface area contributed by atoms with Crippen molar-refractivity contribution >= 4 is 23.4 Å². The van der Waals surface area contributed by atoms with Crippen LogP contribution < -0.4 is 0 Å². The van der Waals surface area contributed by atoms with Crippen LogP contribution in [0.2, 0.25) is 5.02 Å². The van der Waals surface area contributed by atoms with Gasteiger partial charge in [-0.3, -0.25) is 0 Å². The molecule has 0 aromatic heterocycles. The molecular weight excluding hydrogens is 308 g/mol. The van der Waals surface area contributed by atoms with Crippen molar-refractivity contribution in [3.05, 3.63) is 34.9 Å². The number of halogens is 1. The minimum atomic E-state index is 0.841. The first kappa shape index (κ1) is 19.9. The number of hydrogen-bond acceptors (Lipinski definition) is 1. The van der Waals surface area contributed by atoms with Crippen molar-refractivity contribution in [2.75, 3.05) is 12.0 Å². The smallest absolute Gasteiger partial charge is 0.0406 e. The molecule has 1 aromatic carbocycles. The van der Waals surface area contributed by atoms with Crippen molar-refractivity contribution < 1.29 is 0 Å². The summed E-state index contributed by atoms with van der Waals surface area (Å²) in [6.07, 6.45) is 19.0. The summed E-state index contributed by atoms with van der Waals surface area (Å²) in [4.78, 5) is 0. The lowest BCUT2D eigenvalue weighted by Gasteiger charge is -2.04. The van der Waals surface area contributed by atoms with Crippen molar-refractivity contribution in [2.24, 2.45) is 0 Å². The van der Waals surface area contributed by atoms with E-state index in [1.807, 2.05) is 23.9 Å². The number of benzene rings is 1. The molecule has 0 nitrogen and oxygen atoms in total. The molecule has 0 heterocycles. The molecule has 0 saturated heterocycles. The Bertz CT molecular complexity index is 347. The topological polar surface area (TPSA) is 0 Å². The van der Waals surface area contributed by atoms with Crippen LogP contribution in [0.3, 0.4) is 0 Å². The van der Waals surface area contributed by atoms with Gasteiger partial charge in [-0.25, -0.2) is 0 Å². The molecule has 0 amide bonds. The first-order valence-corrected chi connectivity index (χ1v) is 10.8. The van der Waals surface area contributed by atoms with E-state index in [1.165, 1.54) is 88.4 Å². The average molecular weight is 341 g/mol. The Balaban J connectivity index is 1.79. The second kappa shape index (κ2) is 14.5. The van der Waals surface area contributed by atoms with E-state index in [1.54, 1.807) is 0 Å². The zero-order valence-corrected chi connectivity index (χ0v) is 15.9. The van der Waals surface area contributed by atoms with Gasteiger partial charge in [0.05, 0.1) is 0 Å². The lowest BCUT2D eigenvalue weighted by atomic mass is 10.0. The molecule has 126 valence electrons. The third-order valence-electron chi connectivity index (χ3n) is 4.23. The van der Waals surface area contributed by atoms with Crippen molar-refractivity contribution in [3.8, 4) is 0 Å². The Morgan fingerprint density at radius 3 is 1.64 bits per heavy atom. The van der Waals surface area contributed by atoms with Gasteiger partial charge in [0.1, 0.15) is 0 Å². The van der Waals surface area contributed by atoms with Gasteiger partial charge in [0.25, 0.3) is 0 Å². The fourth-order valence-corrected chi connectivity index (χ4v) is 3.44. The van der Waals surface area contributed by atoms with Crippen LogP contribution in [-0.4, -0.2) is 12.0 Å². The minimum Gasteiger partial charge on any atom is -0.165 e. The number of unbranched alkanes of at least 4 members (excludes halogenated alkanes) is 10. The zero-order chi connectivity index (χ0) is 15.9. The molecule has 0 radical (unpaired) electrons. The molecule has 0 fully saturated rings. The van der Waals surface area contributed by atoms with Crippen LogP contribution >= 0.6 is 23.4 Å². The molecule has 0 bridgehead atoms. The molecule has 0 saturated carbocycles. The Hall–Kier alpha value is -0.140. The van der Waals surface area contributed by atoms with E-state index in [2.05, 4.69) is 18.4 Å². The van der Waals surface area contributed by atoms with Gasteiger partial charge < -0.3 is 0 Å². The van der Waals surface area contributed by atoms with Crippen LogP contribution in [0, 0.1) is 0 Å². The summed E-state index contributed by atoms with van der Waals surface area (Å²) in [5, 5.41) is 0.841. The summed E-state index contributed by atoms with van der Waals surface area (Å²) in [6.45, 7) is 0. The molecule has 1 aromatic rings. The van der Waals surface area contributed by atoms with Gasteiger partial charge in [0, 0.05) is 5.02 Å². The summed E-state index contributed by atoms with van der Waals surface area (Å²) in [5.74, 6) is 1.34. The highest BCUT2D eigenvalue weighted by atomic mass is 35.5. The predicted molar refractivity (Wildman–Crippen MR) is 104 cm³/mol. The van der Waals surface area contributed by atoms with E-state index in [0.29, 0.717) is 0 Å². The van der Waals surface area contributed by atoms with E-state index in [9.17, 15) is 0 Å². The van der Waals surface area contributed by atoms with Gasteiger partial charge in [-0.1, -0.05) is 81.5 Å². The average Bonchev–Trinajstić information content (AvgIpc) is 2.53. The van der Waals surface area contributed by atoms with Crippen LogP contribution in [0.15, 0.2) is 24.3 Å². The summed E-state index contributed by atoms with van der Waals surface area (Å²) >= 11 is 7.87. The van der Waals surface area contributed by atoms with Gasteiger partial charge in [-0.05, 0) is 49.0 Å². The summed E-state index contributed by atoms with van der Waals surface area (Å²) in [6, 6.07) is 8.30. The molecule has 2 heteroatoms. The molecule has 0 N–H and O–H groups in total. The second-order valence-corrected chi connectivity index (χ2v) is 7.68. The van der Waals surface area contributed by atoms with Gasteiger partial charge in [-0.15, -0.1) is 0 Å². The van der Waals surface area contributed by atoms with Gasteiger partial charge in [-0.2, -0.15) is 11.8 Å². The van der Waals surface area contributed by atoms with Gasteiger partial charge in [0.15, 0.2) is 0 Å². The van der Waals surface area contributed by atoms with Crippen LogP contribution in [0.4, 0.5) is 0 Å². The Labute approximate surface area is 147 Å². The fourth-order valence-electron chi connectivity index (χ4n) is 2.82. The van der Waals surface area contributed by atoms with Gasteiger partial charge in [0.2, 0.25) is 0 Å². The molecule has 1 rings (SSSR count). The minimum absolute atomic E-state index is 0.841. The van der Waals surface area contributed by atoms with Crippen molar-refractivity contribution in [3.63, 3.8) is 0 Å². The van der Waals surface area contributed by atoms with Crippen LogP contribution in [0.5, 0.6) is 0 Å². The zero-order valence-electron chi connectivity index (χ0n) is 14.3. The maximum atomic E-state index is 5.90. The van der Waals surface area contributed by atoms with E-state index in [4.69, 9.17) is 11.6 Å². The number of aryl methyl sites for hydroxylation is 1. The summed E-state index contributed by atoms with van der Waals surface area (Å²) in [5.41, 5.74) is 1.42. The fraction of sp³-hybridized carbons (Fsp3) is 0.700. The first-order valence-electron chi connectivity index (χ1n) is 9.06. The molecule has 0 aliphatic carbocycles. The predicted octanol–water partition coefficient (Wildman–Crippen LogP) is 7.54. The van der Waals surface area contributed by atoms with Crippen molar-refractivity contribution in [1.82, 2.24) is 0 Å². The summed E-state index contributed by atoms with van der Waals surface area (Å²) in [7, 11) is 0. The second-order valence-electron chi connectivity index (χ2n) is 6.26. The number of rotatable bonds is 14. The standard InChI is InChI=1S/C20H33ClS/c1-22-18-12-10-8-6-4-2-3-5-7-9-11-13-19-14-16-20(21)17-15-19/h14-17H,2-13,18H2,1H3. The number of thioether (sulfide) groups is 1. The first-order chi connectivity index (χ1) is 10.8. The third-order valence-corrected chi connectivity index (χ3v) is 5.18. The van der Waals surface area contributed by atoms with E-state index < -0.39 is 0 Å². The summed E-state index contributed by atoms with van der Waals surface area (Å²) < 4.78 is 0. The lowest BCUT2D eigenvalue weighted by Crippen LogP contribution is -1.86. The third kappa shape index (κ3) is 11.4. The van der Waals surface area contributed by atoms with E-state index >= 15 is 0 Å². The van der Waals surface area contributed by atoms with Gasteiger partial charge >= 0.3 is 0 Å². The highest BCUT2D eigenvalue weighted by Crippen LogP contribution is 2.15.